The highest BCUT2D eigenvalue weighted by Crippen LogP contribution is 2.15. The Balaban J connectivity index is 1.69. The summed E-state index contributed by atoms with van der Waals surface area (Å²) < 4.78 is 16.2. The van der Waals surface area contributed by atoms with Gasteiger partial charge in [0.05, 0.1) is 5.69 Å². The first-order valence-electron chi connectivity index (χ1n) is 10.3. The number of hydrogen-bond acceptors (Lipinski definition) is 4. The molecule has 168 valence electrons. The Morgan fingerprint density at radius 1 is 1.00 bits per heavy atom. The van der Waals surface area contributed by atoms with E-state index in [9.17, 15) is 18.8 Å². The number of benzene rings is 2. The predicted octanol–water partition coefficient (Wildman–Crippen LogP) is 2.89. The van der Waals surface area contributed by atoms with Crippen LogP contribution in [-0.2, 0) is 17.9 Å². The molecule has 9 nitrogen and oxygen atoms in total. The monoisotopic (exact) mass is 440 g/mol. The van der Waals surface area contributed by atoms with E-state index in [1.807, 2.05) is 18.2 Å². The number of unbranched alkanes of at least 4 members (excludes halogenated alkanes) is 2. The van der Waals surface area contributed by atoms with Gasteiger partial charge in [-0.1, -0.05) is 62.2 Å². The average Bonchev–Trinajstić information content (AvgIpc) is 3.10. The van der Waals surface area contributed by atoms with E-state index < -0.39 is 23.4 Å². The van der Waals surface area contributed by atoms with Crippen LogP contribution in [0, 0.1) is 5.82 Å². The molecule has 32 heavy (non-hydrogen) atoms. The van der Waals surface area contributed by atoms with Crippen molar-refractivity contribution in [3.63, 3.8) is 0 Å². The topological polar surface area (TPSA) is 110 Å². The first kappa shape index (κ1) is 22.7. The van der Waals surface area contributed by atoms with E-state index >= 15 is 0 Å². The lowest BCUT2D eigenvalue weighted by Crippen LogP contribution is -2.46. The van der Waals surface area contributed by atoms with E-state index in [0.29, 0.717) is 17.9 Å². The van der Waals surface area contributed by atoms with Crippen molar-refractivity contribution < 1.29 is 14.0 Å². The van der Waals surface area contributed by atoms with E-state index in [4.69, 9.17) is 0 Å². The fourth-order valence-electron chi connectivity index (χ4n) is 3.07. The van der Waals surface area contributed by atoms with Crippen molar-refractivity contribution in [2.75, 3.05) is 5.32 Å². The van der Waals surface area contributed by atoms with Crippen LogP contribution < -0.4 is 21.9 Å². The molecule has 0 aliphatic heterocycles. The van der Waals surface area contributed by atoms with Crippen molar-refractivity contribution in [3.05, 3.63) is 70.9 Å². The SMILES string of the molecule is CCCCCn1nc(-c2ccccc2)n(CC(=O)NNC(=O)Nc2ccccc2F)c1=O. The second-order valence-corrected chi connectivity index (χ2v) is 7.10. The minimum absolute atomic E-state index is 0.0322. The lowest BCUT2D eigenvalue weighted by molar-refractivity contribution is -0.122. The fraction of sp³-hybridized carbons (Fsp3) is 0.273. The molecule has 3 rings (SSSR count). The second kappa shape index (κ2) is 10.9. The van der Waals surface area contributed by atoms with Crippen LogP contribution in [0.4, 0.5) is 14.9 Å². The summed E-state index contributed by atoms with van der Waals surface area (Å²) >= 11 is 0. The fourth-order valence-corrected chi connectivity index (χ4v) is 3.07. The lowest BCUT2D eigenvalue weighted by Gasteiger charge is -2.10. The van der Waals surface area contributed by atoms with Crippen molar-refractivity contribution in [1.82, 2.24) is 25.2 Å². The maximum atomic E-state index is 13.6. The van der Waals surface area contributed by atoms with Gasteiger partial charge in [0, 0.05) is 12.1 Å². The highest BCUT2D eigenvalue weighted by molar-refractivity contribution is 5.91. The number of rotatable bonds is 8. The molecule has 1 aromatic heterocycles. The maximum absolute atomic E-state index is 13.6. The van der Waals surface area contributed by atoms with Crippen LogP contribution in [0.1, 0.15) is 26.2 Å². The molecular weight excluding hydrogens is 415 g/mol. The second-order valence-electron chi connectivity index (χ2n) is 7.10. The number of urea groups is 1. The normalized spacial score (nSPS) is 10.6. The molecule has 0 bridgehead atoms. The number of carbonyl (C=O) groups is 2. The Morgan fingerprint density at radius 3 is 2.44 bits per heavy atom. The summed E-state index contributed by atoms with van der Waals surface area (Å²) in [6.07, 6.45) is 2.76. The molecule has 10 heteroatoms. The van der Waals surface area contributed by atoms with Gasteiger partial charge < -0.3 is 5.32 Å². The molecule has 3 amide bonds. The van der Waals surface area contributed by atoms with Gasteiger partial charge in [-0.3, -0.25) is 14.8 Å². The van der Waals surface area contributed by atoms with Crippen LogP contribution >= 0.6 is 0 Å². The number of nitrogens with one attached hydrogen (secondary N) is 3. The minimum Gasteiger partial charge on any atom is -0.304 e. The number of para-hydroxylation sites is 1. The summed E-state index contributed by atoms with van der Waals surface area (Å²) in [6.45, 7) is 2.16. The Hall–Kier alpha value is -3.95. The highest BCUT2D eigenvalue weighted by Gasteiger charge is 2.18. The van der Waals surface area contributed by atoms with Gasteiger partial charge in [0.2, 0.25) is 0 Å². The number of amides is 3. The van der Waals surface area contributed by atoms with Gasteiger partial charge in [0.1, 0.15) is 12.4 Å². The lowest BCUT2D eigenvalue weighted by atomic mass is 10.2. The molecule has 1 heterocycles. The van der Waals surface area contributed by atoms with E-state index in [2.05, 4.69) is 28.2 Å². The van der Waals surface area contributed by atoms with Crippen molar-refractivity contribution in [2.24, 2.45) is 0 Å². The van der Waals surface area contributed by atoms with Crippen molar-refractivity contribution in [3.8, 4) is 11.4 Å². The Morgan fingerprint density at radius 2 is 1.72 bits per heavy atom. The van der Waals surface area contributed by atoms with Crippen LogP contribution in [0.25, 0.3) is 11.4 Å². The first-order valence-corrected chi connectivity index (χ1v) is 10.3. The zero-order valence-electron chi connectivity index (χ0n) is 17.7. The molecule has 0 saturated carbocycles. The largest absolute Gasteiger partial charge is 0.346 e. The molecule has 0 saturated heterocycles. The van der Waals surface area contributed by atoms with E-state index in [-0.39, 0.29) is 12.2 Å². The van der Waals surface area contributed by atoms with Crippen molar-refractivity contribution >= 4 is 17.6 Å². The molecule has 3 aromatic rings. The molecule has 3 N–H and O–H groups in total. The van der Waals surface area contributed by atoms with Gasteiger partial charge in [-0.25, -0.2) is 24.1 Å². The summed E-state index contributed by atoms with van der Waals surface area (Å²) in [7, 11) is 0. The number of anilines is 1. The highest BCUT2D eigenvalue weighted by atomic mass is 19.1. The van der Waals surface area contributed by atoms with Crippen LogP contribution in [-0.4, -0.2) is 26.3 Å². The third-order valence-corrected chi connectivity index (χ3v) is 4.67. The smallest absolute Gasteiger partial charge is 0.304 e. The van der Waals surface area contributed by atoms with Crippen LogP contribution in [0.5, 0.6) is 0 Å². The van der Waals surface area contributed by atoms with E-state index in [0.717, 1.165) is 19.3 Å². The molecule has 0 unspecified atom stereocenters. The first-order chi connectivity index (χ1) is 15.5. The molecule has 0 spiro atoms. The standard InChI is InChI=1S/C22H25FN6O3/c1-2-3-9-14-29-22(32)28(20(27-29)16-10-5-4-6-11-16)15-19(30)25-26-21(31)24-18-13-8-7-12-17(18)23/h4-8,10-13H,2-3,9,14-15H2,1H3,(H,25,30)(H2,24,26,31). The Labute approximate surface area is 184 Å². The Kier molecular flexibility index (Phi) is 7.74. The van der Waals surface area contributed by atoms with Crippen molar-refractivity contribution in [1.29, 1.82) is 0 Å². The molecular formula is C22H25FN6O3. The van der Waals surface area contributed by atoms with Gasteiger partial charge in [-0.15, -0.1) is 5.10 Å². The summed E-state index contributed by atoms with van der Waals surface area (Å²) in [4.78, 5) is 37.2. The molecule has 2 aromatic carbocycles. The van der Waals surface area contributed by atoms with Gasteiger partial charge in [0.15, 0.2) is 5.82 Å². The summed E-state index contributed by atoms with van der Waals surface area (Å²) in [5.74, 6) is -0.886. The van der Waals surface area contributed by atoms with Crippen molar-refractivity contribution in [2.45, 2.75) is 39.3 Å². The number of halogens is 1. The number of hydrazine groups is 1. The number of nitrogens with zero attached hydrogens (tertiary/aromatic N) is 3. The summed E-state index contributed by atoms with van der Waals surface area (Å²) in [5.41, 5.74) is 4.61. The Bertz CT molecular complexity index is 1130. The molecule has 0 atom stereocenters. The van der Waals surface area contributed by atoms with Gasteiger partial charge in [-0.2, -0.15) is 0 Å². The average molecular weight is 440 g/mol. The maximum Gasteiger partial charge on any atom is 0.346 e. The number of aromatic nitrogens is 3. The van der Waals surface area contributed by atoms with Crippen LogP contribution in [0.3, 0.4) is 0 Å². The third kappa shape index (κ3) is 5.81. The third-order valence-electron chi connectivity index (χ3n) is 4.67. The summed E-state index contributed by atoms with van der Waals surface area (Å²) in [5, 5.41) is 6.70. The zero-order chi connectivity index (χ0) is 22.9. The van der Waals surface area contributed by atoms with Crippen LogP contribution in [0.2, 0.25) is 0 Å². The summed E-state index contributed by atoms with van der Waals surface area (Å²) in [6, 6.07) is 13.9. The van der Waals surface area contributed by atoms with Gasteiger partial charge in [-0.05, 0) is 18.6 Å². The predicted molar refractivity (Wildman–Crippen MR) is 118 cm³/mol. The van der Waals surface area contributed by atoms with Crippen LogP contribution in [0.15, 0.2) is 59.4 Å². The van der Waals surface area contributed by atoms with Gasteiger partial charge >= 0.3 is 11.7 Å². The van der Waals surface area contributed by atoms with E-state index in [1.165, 1.54) is 27.4 Å². The quantitative estimate of drug-likeness (QED) is 0.370. The zero-order valence-corrected chi connectivity index (χ0v) is 17.7. The number of carbonyl (C=O) groups excluding carboxylic acids is 2. The van der Waals surface area contributed by atoms with E-state index in [1.54, 1.807) is 18.2 Å². The molecule has 0 radical (unpaired) electrons. The number of aryl methyl sites for hydroxylation is 1. The molecule has 0 aliphatic carbocycles. The number of hydrogen-bond donors (Lipinski definition) is 3. The van der Waals surface area contributed by atoms with Gasteiger partial charge in [0.25, 0.3) is 5.91 Å². The molecule has 0 aliphatic rings. The minimum atomic E-state index is -0.825. The molecule has 0 fully saturated rings.